The first-order valence-electron chi connectivity index (χ1n) is 5.62. The van der Waals surface area contributed by atoms with Crippen LogP contribution in [0.3, 0.4) is 0 Å². The van der Waals surface area contributed by atoms with Gasteiger partial charge in [-0.3, -0.25) is 0 Å². The molecule has 0 spiro atoms. The Balaban J connectivity index is 2.57. The number of anilines is 1. The monoisotopic (exact) mass is 356 g/mol. The third-order valence-corrected chi connectivity index (χ3v) is 3.81. The summed E-state index contributed by atoms with van der Waals surface area (Å²) in [6.45, 7) is 4.08. The van der Waals surface area contributed by atoms with E-state index in [9.17, 15) is 0 Å². The Labute approximate surface area is 118 Å². The molecule has 0 unspecified atom stereocenters. The summed E-state index contributed by atoms with van der Waals surface area (Å²) in [5.41, 5.74) is 0. The number of rotatable bonds is 4. The van der Waals surface area contributed by atoms with Gasteiger partial charge in [0.1, 0.15) is 5.82 Å². The first-order chi connectivity index (χ1) is 8.27. The Morgan fingerprint density at radius 3 is 2.76 bits per heavy atom. The molecule has 2 aromatic rings. The van der Waals surface area contributed by atoms with Gasteiger partial charge in [-0.15, -0.1) is 0 Å². The zero-order chi connectivity index (χ0) is 12.3. The van der Waals surface area contributed by atoms with Crippen molar-refractivity contribution in [1.82, 2.24) is 4.98 Å². The van der Waals surface area contributed by atoms with Crippen LogP contribution in [0.25, 0.3) is 10.8 Å². The van der Waals surface area contributed by atoms with E-state index in [-0.39, 0.29) is 0 Å². The number of halogens is 2. The van der Waals surface area contributed by atoms with Gasteiger partial charge in [-0.25, -0.2) is 4.98 Å². The van der Waals surface area contributed by atoms with E-state index in [0.29, 0.717) is 0 Å². The molecule has 1 heterocycles. The molecule has 1 aromatic heterocycles. The molecule has 0 aliphatic heterocycles. The number of fused-ring (bicyclic) bond motifs is 1. The Morgan fingerprint density at radius 2 is 2.06 bits per heavy atom. The molecule has 0 saturated carbocycles. The lowest BCUT2D eigenvalue weighted by molar-refractivity contribution is 0.860. The highest BCUT2D eigenvalue weighted by Gasteiger charge is 2.10. The highest BCUT2D eigenvalue weighted by molar-refractivity contribution is 9.10. The number of alkyl halides is 1. The first-order valence-corrected chi connectivity index (χ1v) is 7.53. The van der Waals surface area contributed by atoms with Crippen molar-refractivity contribution in [3.8, 4) is 0 Å². The maximum atomic E-state index is 4.52. The van der Waals surface area contributed by atoms with E-state index in [2.05, 4.69) is 66.9 Å². The summed E-state index contributed by atoms with van der Waals surface area (Å²) < 4.78 is 1.12. The van der Waals surface area contributed by atoms with Crippen molar-refractivity contribution in [2.75, 3.05) is 23.3 Å². The van der Waals surface area contributed by atoms with Crippen molar-refractivity contribution in [2.45, 2.75) is 6.92 Å². The summed E-state index contributed by atoms with van der Waals surface area (Å²) in [6, 6.07) is 8.29. The largest absolute Gasteiger partial charge is 0.356 e. The van der Waals surface area contributed by atoms with Crippen LogP contribution < -0.4 is 4.90 Å². The van der Waals surface area contributed by atoms with Crippen molar-refractivity contribution >= 4 is 48.5 Å². The summed E-state index contributed by atoms with van der Waals surface area (Å²) in [6.07, 6.45) is 1.87. The molecule has 1 aromatic carbocycles. The third-order valence-electron chi connectivity index (χ3n) is 2.77. The van der Waals surface area contributed by atoms with Crippen LogP contribution in [0.2, 0.25) is 0 Å². The summed E-state index contributed by atoms with van der Waals surface area (Å²) in [5, 5.41) is 3.36. The van der Waals surface area contributed by atoms with Crippen LogP contribution in [-0.4, -0.2) is 23.4 Å². The summed E-state index contributed by atoms with van der Waals surface area (Å²) in [4.78, 5) is 6.80. The van der Waals surface area contributed by atoms with E-state index in [0.717, 1.165) is 28.7 Å². The molecule has 0 N–H and O–H groups in total. The lowest BCUT2D eigenvalue weighted by atomic mass is 10.1. The summed E-state index contributed by atoms with van der Waals surface area (Å²) >= 11 is 7.07. The van der Waals surface area contributed by atoms with Gasteiger partial charge in [-0.1, -0.05) is 44.0 Å². The molecule has 0 radical (unpaired) electrons. The number of aromatic nitrogens is 1. The normalized spacial score (nSPS) is 10.8. The topological polar surface area (TPSA) is 16.1 Å². The van der Waals surface area contributed by atoms with E-state index >= 15 is 0 Å². The van der Waals surface area contributed by atoms with Crippen LogP contribution >= 0.6 is 31.9 Å². The van der Waals surface area contributed by atoms with Crippen LogP contribution in [0.1, 0.15) is 6.92 Å². The minimum atomic E-state index is 0.951. The van der Waals surface area contributed by atoms with Crippen LogP contribution in [0.5, 0.6) is 0 Å². The quantitative estimate of drug-likeness (QED) is 0.761. The van der Waals surface area contributed by atoms with E-state index in [1.807, 2.05) is 12.3 Å². The van der Waals surface area contributed by atoms with Gasteiger partial charge in [0.05, 0.1) is 0 Å². The first kappa shape index (κ1) is 12.8. The van der Waals surface area contributed by atoms with Gasteiger partial charge in [0.25, 0.3) is 0 Å². The van der Waals surface area contributed by atoms with E-state index in [4.69, 9.17) is 0 Å². The molecule has 17 heavy (non-hydrogen) atoms. The molecule has 4 heteroatoms. The van der Waals surface area contributed by atoms with Gasteiger partial charge < -0.3 is 4.90 Å². The van der Waals surface area contributed by atoms with Gasteiger partial charge in [0.15, 0.2) is 0 Å². The van der Waals surface area contributed by atoms with Gasteiger partial charge >= 0.3 is 0 Å². The highest BCUT2D eigenvalue weighted by Crippen LogP contribution is 2.29. The lowest BCUT2D eigenvalue weighted by Crippen LogP contribution is -2.25. The molecule has 2 nitrogen and oxygen atoms in total. The second kappa shape index (κ2) is 5.83. The second-order valence-electron chi connectivity index (χ2n) is 3.74. The van der Waals surface area contributed by atoms with Crippen LogP contribution in [0.15, 0.2) is 34.9 Å². The number of benzene rings is 1. The van der Waals surface area contributed by atoms with Gasteiger partial charge in [0, 0.05) is 39.9 Å². The van der Waals surface area contributed by atoms with E-state index < -0.39 is 0 Å². The molecular formula is C13H14Br2N2. The fraction of sp³-hybridized carbons (Fsp3) is 0.308. The third kappa shape index (κ3) is 2.63. The highest BCUT2D eigenvalue weighted by atomic mass is 79.9. The smallest absolute Gasteiger partial charge is 0.136 e. The van der Waals surface area contributed by atoms with Crippen molar-refractivity contribution in [3.63, 3.8) is 0 Å². The minimum Gasteiger partial charge on any atom is -0.356 e. The fourth-order valence-electron chi connectivity index (χ4n) is 1.92. The van der Waals surface area contributed by atoms with Gasteiger partial charge in [-0.05, 0) is 19.1 Å². The Hall–Kier alpha value is -0.610. The second-order valence-corrected chi connectivity index (χ2v) is 5.39. The SMILES string of the molecule is CCN(CCBr)c1nccc2c(Br)cccc12. The Bertz CT molecular complexity index is 514. The predicted molar refractivity (Wildman–Crippen MR) is 81.1 cm³/mol. The van der Waals surface area contributed by atoms with E-state index in [1.165, 1.54) is 10.8 Å². The van der Waals surface area contributed by atoms with E-state index in [1.54, 1.807) is 0 Å². The van der Waals surface area contributed by atoms with Gasteiger partial charge in [0.2, 0.25) is 0 Å². The summed E-state index contributed by atoms with van der Waals surface area (Å²) in [7, 11) is 0. The standard InChI is InChI=1S/C13H14Br2N2/c1-2-17(9-7-14)13-11-4-3-5-12(15)10(11)6-8-16-13/h3-6,8H,2,7,9H2,1H3. The molecule has 0 atom stereocenters. The number of hydrogen-bond donors (Lipinski definition) is 0. The molecule has 0 aliphatic carbocycles. The zero-order valence-corrected chi connectivity index (χ0v) is 12.8. The number of nitrogens with zero attached hydrogens (tertiary/aromatic N) is 2. The molecule has 2 rings (SSSR count). The molecular weight excluding hydrogens is 344 g/mol. The van der Waals surface area contributed by atoms with Crippen molar-refractivity contribution < 1.29 is 0 Å². The Kier molecular flexibility index (Phi) is 4.40. The number of pyridine rings is 1. The van der Waals surface area contributed by atoms with Crippen LogP contribution in [-0.2, 0) is 0 Å². The van der Waals surface area contributed by atoms with Crippen molar-refractivity contribution in [3.05, 3.63) is 34.9 Å². The van der Waals surface area contributed by atoms with Crippen LogP contribution in [0, 0.1) is 0 Å². The number of hydrogen-bond acceptors (Lipinski definition) is 2. The van der Waals surface area contributed by atoms with Crippen molar-refractivity contribution in [2.24, 2.45) is 0 Å². The summed E-state index contributed by atoms with van der Waals surface area (Å²) in [5.74, 6) is 1.06. The molecule has 0 fully saturated rings. The fourth-order valence-corrected chi connectivity index (χ4v) is 2.85. The maximum absolute atomic E-state index is 4.52. The lowest BCUT2D eigenvalue weighted by Gasteiger charge is -2.22. The molecule has 0 aliphatic rings. The minimum absolute atomic E-state index is 0.951. The maximum Gasteiger partial charge on any atom is 0.136 e. The molecule has 0 bridgehead atoms. The van der Waals surface area contributed by atoms with Crippen LogP contribution in [0.4, 0.5) is 5.82 Å². The predicted octanol–water partition coefficient (Wildman–Crippen LogP) is 4.22. The Morgan fingerprint density at radius 1 is 1.24 bits per heavy atom. The average Bonchev–Trinajstić information content (AvgIpc) is 2.36. The molecule has 90 valence electrons. The average molecular weight is 358 g/mol. The van der Waals surface area contributed by atoms with Gasteiger partial charge in [-0.2, -0.15) is 0 Å². The molecule has 0 amide bonds. The zero-order valence-electron chi connectivity index (χ0n) is 9.66. The van der Waals surface area contributed by atoms with Crippen molar-refractivity contribution in [1.29, 1.82) is 0 Å². The molecule has 0 saturated heterocycles.